The highest BCUT2D eigenvalue weighted by Gasteiger charge is 2.35. The molecule has 0 bridgehead atoms. The number of carbonyl (C=O) groups is 4. The van der Waals surface area contributed by atoms with Crippen LogP contribution in [0.2, 0.25) is 0 Å². The van der Waals surface area contributed by atoms with Crippen LogP contribution in [0.15, 0.2) is 246 Å². The summed E-state index contributed by atoms with van der Waals surface area (Å²) in [5.74, 6) is 0.339. The topological polar surface area (TPSA) is 216 Å². The van der Waals surface area contributed by atoms with E-state index in [4.69, 9.17) is 30.1 Å². The first-order chi connectivity index (χ1) is 66.9. The van der Waals surface area contributed by atoms with Gasteiger partial charge in [-0.3, -0.25) is 28.3 Å². The van der Waals surface area contributed by atoms with Crippen molar-refractivity contribution < 1.29 is 37.4 Å². The van der Waals surface area contributed by atoms with E-state index in [1.165, 1.54) is 206 Å². The fraction of sp³-hybridized carbons (Fsp3) is 0.624. The summed E-state index contributed by atoms with van der Waals surface area (Å²) in [5, 5.41) is 34.8. The van der Waals surface area contributed by atoms with Gasteiger partial charge >= 0.3 is 0 Å². The maximum absolute atomic E-state index is 12.0. The second-order valence-corrected chi connectivity index (χ2v) is 58.8. The monoisotopic (exact) mass is 2050 g/mol. The standard InChI is InChI=1S/C26H39N.C26H40O.C18H27N.C18H28O.C16H26O.C13H20O.C11H20NO2P.C5H10NO2P/c2*1-20-12-11-18-26(8,9)23(20)16-15-21(24(2,3)4)13-10-14-22(17-19-27)25(5,6)7;2*1-14-8-7-12-18(5,6)16(14)10-9-15(11-13-19)17(2,3)4;1-12-8-7-11-16(5,6)13(12)9-10-14(17)15(2,3)4;1-10-6-5-9-13(3,4)12(10)8-7-11(2)14;1-6-14-15(5,13)9-10(7-8-12)11(2,3)4;1-3-8-9(2,7)5-4-6/h10,13-17H,11-12,18H2,1-9H3;10,13-17,19H,11-12,18H2,1-9H3;9-11H,7-8,12H2,1-6H3;9-11,13H,7-8,12H2,1-6H3;9-10H,7-8,11H2,1-6H3;7-8H,5-6,9H2,1-4H3;7H,6,9H2,1-5H3;3,5H2,1-2H3/b2*14-10+,16-15+,21-13-,22-17-;2*10-9+,15-11-;10-9+;8-7+;10-7+;. The van der Waals surface area contributed by atoms with E-state index in [-0.39, 0.29) is 93.5 Å². The molecule has 0 fully saturated rings. The zero-order valence-electron chi connectivity index (χ0n) is 102. The molecule has 0 amide bonds. The first kappa shape index (κ1) is 141. The molecule has 820 valence electrons. The number of nitriles is 4. The molecular weight excluding hydrogens is 1840 g/mol. The summed E-state index contributed by atoms with van der Waals surface area (Å²) in [5.41, 5.74) is 26.4. The molecular formula is C133H210N4O8P2. The Morgan fingerprint density at radius 1 is 0.320 bits per heavy atom. The number of ketones is 2. The van der Waals surface area contributed by atoms with Crippen molar-refractivity contribution in [2.45, 2.75) is 427 Å². The summed E-state index contributed by atoms with van der Waals surface area (Å²) in [4.78, 5) is 44.5. The van der Waals surface area contributed by atoms with Crippen LogP contribution in [0, 0.1) is 121 Å². The van der Waals surface area contributed by atoms with Gasteiger partial charge in [-0.15, -0.1) is 0 Å². The number of nitrogens with zero attached hydrogens (tertiary/aromatic N) is 4. The SMILES string of the molecule is CC(=O)/C=C/C1=C(C)CCCC1(C)C.CC1=C(/C=C/C(=C/C#N)C(C)(C)C)C(C)(C)CCC1.CC1=C(/C=C/C(=C/C=C/C(=C/C#N)C(C)(C)C)C(C)(C)C)C(C)(C)CCC1.CC1=C(/C=C/C(=C/C=C/C(=C/C=O)C(C)(C)C)C(C)(C)C)C(C)(C)CCC1.CC1=C(/C=C/C(=C/C=O)C(C)(C)C)C(C)(C)CCC1.CC1=C(/C=C/C(=O)C(C)(C)C)C(C)(C)CCC1.CCOP(C)(=O)C/C(=C\C#N)C(C)(C)C.CCOP(C)(=O)CC#N. The lowest BCUT2D eigenvalue weighted by molar-refractivity contribution is -0.121. The van der Waals surface area contributed by atoms with Crippen LogP contribution in [0.25, 0.3) is 0 Å². The molecule has 0 N–H and O–H groups in total. The van der Waals surface area contributed by atoms with Gasteiger partial charge in [-0.25, -0.2) is 0 Å². The van der Waals surface area contributed by atoms with Crippen molar-refractivity contribution in [3.05, 3.63) is 246 Å². The molecule has 2 unspecified atom stereocenters. The van der Waals surface area contributed by atoms with Gasteiger partial charge < -0.3 is 9.05 Å². The van der Waals surface area contributed by atoms with Crippen LogP contribution in [0.5, 0.6) is 0 Å². The molecule has 6 rings (SSSR count). The smallest absolute Gasteiger partial charge is 0.213 e. The zero-order chi connectivity index (χ0) is 115. The quantitative estimate of drug-likeness (QED) is 0.0274. The average molecular weight is 2060 g/mol. The van der Waals surface area contributed by atoms with Crippen molar-refractivity contribution >= 4 is 38.9 Å². The van der Waals surface area contributed by atoms with Gasteiger partial charge in [0.25, 0.3) is 0 Å². The second-order valence-electron chi connectivity index (χ2n) is 53.6. The van der Waals surface area contributed by atoms with Gasteiger partial charge in [0.05, 0.1) is 37.5 Å². The molecule has 14 heteroatoms. The van der Waals surface area contributed by atoms with E-state index in [2.05, 4.69) is 353 Å². The minimum atomic E-state index is -2.59. The Hall–Kier alpha value is -8.44. The molecule has 0 aromatic rings. The molecule has 12 nitrogen and oxygen atoms in total. The molecule has 6 aliphatic carbocycles. The van der Waals surface area contributed by atoms with Crippen molar-refractivity contribution in [2.24, 2.45) is 75.8 Å². The number of hydrogen-bond donors (Lipinski definition) is 0. The maximum atomic E-state index is 12.0. The Morgan fingerprint density at radius 3 is 0.762 bits per heavy atom. The summed E-state index contributed by atoms with van der Waals surface area (Å²) in [6, 6.07) is 8.14. The fourth-order valence-corrected chi connectivity index (χ4v) is 21.8. The van der Waals surface area contributed by atoms with Crippen LogP contribution >= 0.6 is 14.7 Å². The number of rotatable bonds is 25. The molecule has 0 saturated carbocycles. The van der Waals surface area contributed by atoms with Crippen molar-refractivity contribution in [1.82, 2.24) is 0 Å². The highest BCUT2D eigenvalue weighted by Crippen LogP contribution is 2.51. The average Bonchev–Trinajstić information content (AvgIpc) is 1.74. The van der Waals surface area contributed by atoms with Gasteiger partial charge in [0.2, 0.25) is 14.7 Å². The molecule has 2 atom stereocenters. The van der Waals surface area contributed by atoms with Gasteiger partial charge in [0.15, 0.2) is 11.6 Å². The fourth-order valence-electron chi connectivity index (χ4n) is 19.1. The predicted molar refractivity (Wildman–Crippen MR) is 638 cm³/mol. The van der Waals surface area contributed by atoms with Gasteiger partial charge in [0, 0.05) is 43.1 Å². The van der Waals surface area contributed by atoms with Gasteiger partial charge in [-0.2, -0.15) is 21.0 Å². The Morgan fingerprint density at radius 2 is 0.544 bits per heavy atom. The summed E-state index contributed by atoms with van der Waals surface area (Å²) in [7, 11) is -5.15. The third kappa shape index (κ3) is 54.4. The van der Waals surface area contributed by atoms with E-state index >= 15 is 0 Å². The van der Waals surface area contributed by atoms with E-state index in [0.29, 0.717) is 19.4 Å². The highest BCUT2D eigenvalue weighted by molar-refractivity contribution is 7.58. The molecule has 0 aliphatic heterocycles. The lowest BCUT2D eigenvalue weighted by Gasteiger charge is -2.33. The second kappa shape index (κ2) is 61.9. The zero-order valence-corrected chi connectivity index (χ0v) is 104. The van der Waals surface area contributed by atoms with Crippen molar-refractivity contribution in [1.29, 1.82) is 21.0 Å². The normalized spacial score (nSPS) is 20.0. The van der Waals surface area contributed by atoms with Crippen molar-refractivity contribution in [3.8, 4) is 24.3 Å². The molecule has 0 radical (unpaired) electrons. The molecule has 0 heterocycles. The van der Waals surface area contributed by atoms with Crippen LogP contribution in [0.3, 0.4) is 0 Å². The lowest BCUT2D eigenvalue weighted by atomic mass is 9.72. The minimum absolute atomic E-state index is 0.00465. The summed E-state index contributed by atoms with van der Waals surface area (Å²) < 4.78 is 33.0. The van der Waals surface area contributed by atoms with Crippen molar-refractivity contribution in [2.75, 3.05) is 38.9 Å². The first-order valence-corrected chi connectivity index (χ1v) is 58.9. The molecule has 0 saturated heterocycles. The van der Waals surface area contributed by atoms with E-state index in [1.807, 2.05) is 60.6 Å². The van der Waals surface area contributed by atoms with Crippen LogP contribution in [0.1, 0.15) is 427 Å². The van der Waals surface area contributed by atoms with E-state index in [9.17, 15) is 28.3 Å². The largest absolute Gasteiger partial charge is 0.329 e. The number of hydrogen-bond acceptors (Lipinski definition) is 12. The van der Waals surface area contributed by atoms with Gasteiger partial charge in [0.1, 0.15) is 18.7 Å². The first-order valence-electron chi connectivity index (χ1n) is 54.4. The number of carbonyl (C=O) groups excluding carboxylic acids is 4. The Kier molecular flexibility index (Phi) is 59.2. The van der Waals surface area contributed by atoms with E-state index in [1.54, 1.807) is 63.0 Å². The number of allylic oxidation sites excluding steroid dienone is 42. The van der Waals surface area contributed by atoms with E-state index in [0.717, 1.165) is 40.4 Å². The highest BCUT2D eigenvalue weighted by atomic mass is 31.2. The third-order valence-corrected chi connectivity index (χ3v) is 31.9. The maximum Gasteiger partial charge on any atom is 0.213 e. The lowest BCUT2D eigenvalue weighted by Crippen LogP contribution is -2.21. The van der Waals surface area contributed by atoms with Gasteiger partial charge in [-0.05, 0) is 345 Å². The van der Waals surface area contributed by atoms with Crippen molar-refractivity contribution in [3.63, 3.8) is 0 Å². The summed E-state index contributed by atoms with van der Waals surface area (Å²) in [6.07, 6.45) is 70.8. The molecule has 0 aromatic heterocycles. The summed E-state index contributed by atoms with van der Waals surface area (Å²) >= 11 is 0. The van der Waals surface area contributed by atoms with Crippen LogP contribution in [-0.4, -0.2) is 63.0 Å². The Labute approximate surface area is 903 Å². The Balaban J connectivity index is 0. The van der Waals surface area contributed by atoms with Crippen LogP contribution in [0.4, 0.5) is 0 Å². The molecule has 0 aromatic carbocycles. The van der Waals surface area contributed by atoms with E-state index < -0.39 is 14.7 Å². The van der Waals surface area contributed by atoms with Crippen LogP contribution < -0.4 is 0 Å². The minimum Gasteiger partial charge on any atom is -0.329 e. The van der Waals surface area contributed by atoms with Crippen LogP contribution in [-0.2, 0) is 37.4 Å². The molecule has 0 spiro atoms. The summed E-state index contributed by atoms with van der Waals surface area (Å²) in [6.45, 7) is 101. The predicted octanol–water partition coefficient (Wildman–Crippen LogP) is 39.9. The Bertz CT molecular complexity index is 5360. The molecule has 6 aliphatic rings. The molecule has 147 heavy (non-hydrogen) atoms. The number of aldehydes is 2. The van der Waals surface area contributed by atoms with Gasteiger partial charge in [-0.1, -0.05) is 380 Å². The third-order valence-electron chi connectivity index (χ3n) is 28.7.